The Labute approximate surface area is 134 Å². The second-order valence-corrected chi connectivity index (χ2v) is 7.75. The topological polar surface area (TPSA) is 67.2 Å². The van der Waals surface area contributed by atoms with Gasteiger partial charge in [0.2, 0.25) is 0 Å². The molecule has 0 radical (unpaired) electrons. The van der Waals surface area contributed by atoms with E-state index in [9.17, 15) is 4.79 Å². The van der Waals surface area contributed by atoms with E-state index in [4.69, 9.17) is 5.73 Å². The zero-order valence-electron chi connectivity index (χ0n) is 12.6. The number of nitrogens with one attached hydrogen (secondary N) is 2. The number of carbonyl (C=O) groups is 1. The lowest BCUT2D eigenvalue weighted by Crippen LogP contribution is -2.24. The van der Waals surface area contributed by atoms with Crippen LogP contribution in [0.15, 0.2) is 4.90 Å². The Bertz CT molecular complexity index is 523. The number of hydrogen-bond acceptors (Lipinski definition) is 5. The van der Waals surface area contributed by atoms with Crippen molar-refractivity contribution in [2.75, 3.05) is 23.9 Å². The summed E-state index contributed by atoms with van der Waals surface area (Å²) in [7, 11) is 0. The largest absolute Gasteiger partial charge is 0.396 e. The lowest BCUT2D eigenvalue weighted by atomic mass is 10.1. The minimum Gasteiger partial charge on any atom is -0.396 e. The van der Waals surface area contributed by atoms with Gasteiger partial charge in [0.05, 0.1) is 10.6 Å². The van der Waals surface area contributed by atoms with Gasteiger partial charge in [0.1, 0.15) is 9.88 Å². The van der Waals surface area contributed by atoms with Crippen molar-refractivity contribution in [1.82, 2.24) is 5.32 Å². The second-order valence-electron chi connectivity index (χ2n) is 5.91. The highest BCUT2D eigenvalue weighted by molar-refractivity contribution is 7.99. The fourth-order valence-corrected chi connectivity index (χ4v) is 4.80. The number of thiophene rings is 1. The zero-order valence-corrected chi connectivity index (χ0v) is 14.2. The molecule has 3 rings (SSSR count). The lowest BCUT2D eigenvalue weighted by molar-refractivity contribution is 0.0960. The highest BCUT2D eigenvalue weighted by atomic mass is 32.2. The molecule has 1 amide bonds. The van der Waals surface area contributed by atoms with Crippen molar-refractivity contribution < 1.29 is 4.79 Å². The Balaban J connectivity index is 1.83. The van der Waals surface area contributed by atoms with Crippen molar-refractivity contribution in [3.63, 3.8) is 0 Å². The first kappa shape index (κ1) is 15.0. The fourth-order valence-electron chi connectivity index (χ4n) is 2.82. The molecule has 1 heterocycles. The van der Waals surface area contributed by atoms with E-state index in [1.807, 2.05) is 13.2 Å². The van der Waals surface area contributed by atoms with Crippen LogP contribution in [0.3, 0.4) is 0 Å². The Hall–Kier alpha value is -0.880. The third-order valence-corrected chi connectivity index (χ3v) is 6.30. The Morgan fingerprint density at radius 2 is 2.00 bits per heavy atom. The second kappa shape index (κ2) is 6.08. The smallest absolute Gasteiger partial charge is 0.263 e. The van der Waals surface area contributed by atoms with Crippen molar-refractivity contribution in [3.8, 4) is 0 Å². The van der Waals surface area contributed by atoms with Crippen LogP contribution in [0.2, 0.25) is 0 Å². The number of anilines is 2. The van der Waals surface area contributed by atoms with Gasteiger partial charge >= 0.3 is 0 Å². The first-order chi connectivity index (χ1) is 10.2. The van der Waals surface area contributed by atoms with E-state index < -0.39 is 0 Å². The maximum Gasteiger partial charge on any atom is 0.263 e. The van der Waals surface area contributed by atoms with E-state index >= 15 is 0 Å². The first-order valence-corrected chi connectivity index (χ1v) is 9.70. The number of thioether (sulfide) groups is 1. The van der Waals surface area contributed by atoms with Crippen LogP contribution >= 0.6 is 23.1 Å². The fraction of sp³-hybridized carbons (Fsp3) is 0.667. The molecule has 0 saturated heterocycles. The van der Waals surface area contributed by atoms with Gasteiger partial charge in [0.25, 0.3) is 5.91 Å². The van der Waals surface area contributed by atoms with Gasteiger partial charge < -0.3 is 16.4 Å². The third-order valence-electron chi connectivity index (χ3n) is 4.20. The molecule has 2 aliphatic carbocycles. The molecule has 0 spiro atoms. The molecule has 0 aromatic carbocycles. The predicted octanol–water partition coefficient (Wildman–Crippen LogP) is 3.40. The van der Waals surface area contributed by atoms with E-state index in [0.717, 1.165) is 21.7 Å². The molecule has 116 valence electrons. The number of rotatable bonds is 7. The summed E-state index contributed by atoms with van der Waals surface area (Å²) in [6.07, 6.45) is 7.38. The number of amides is 1. The molecule has 0 unspecified atom stereocenters. The highest BCUT2D eigenvalue weighted by Crippen LogP contribution is 2.49. The van der Waals surface area contributed by atoms with Gasteiger partial charge in [-0.05, 0) is 50.7 Å². The van der Waals surface area contributed by atoms with E-state index in [0.29, 0.717) is 23.2 Å². The maximum atomic E-state index is 12.1. The van der Waals surface area contributed by atoms with Crippen LogP contribution in [0.4, 0.5) is 10.7 Å². The summed E-state index contributed by atoms with van der Waals surface area (Å²) >= 11 is 3.14. The van der Waals surface area contributed by atoms with Crippen LogP contribution in [-0.2, 0) is 0 Å². The molecule has 4 N–H and O–H groups in total. The van der Waals surface area contributed by atoms with Crippen molar-refractivity contribution in [3.05, 3.63) is 4.88 Å². The van der Waals surface area contributed by atoms with Crippen LogP contribution in [0.1, 0.15) is 42.3 Å². The van der Waals surface area contributed by atoms with Crippen LogP contribution in [0.5, 0.6) is 0 Å². The first-order valence-electron chi connectivity index (χ1n) is 7.66. The molecule has 21 heavy (non-hydrogen) atoms. The molecule has 1 aromatic heterocycles. The normalized spacial score (nSPS) is 18.0. The molecule has 0 aliphatic heterocycles. The number of hydrogen-bond donors (Lipinski definition) is 3. The maximum absolute atomic E-state index is 12.1. The van der Waals surface area contributed by atoms with Crippen LogP contribution < -0.4 is 16.4 Å². The van der Waals surface area contributed by atoms with Gasteiger partial charge in [-0.1, -0.05) is 0 Å². The van der Waals surface area contributed by atoms with Gasteiger partial charge in [-0.2, -0.15) is 0 Å². The van der Waals surface area contributed by atoms with E-state index in [1.54, 1.807) is 11.8 Å². The van der Waals surface area contributed by atoms with Crippen molar-refractivity contribution in [2.45, 2.75) is 43.5 Å². The average Bonchev–Trinajstić information content (AvgIpc) is 3.35. The number of nitrogen functional groups attached to an aromatic ring is 1. The van der Waals surface area contributed by atoms with E-state index in [2.05, 4.69) is 10.6 Å². The Kier molecular flexibility index (Phi) is 4.36. The SMILES string of the molecule is CCNC(=O)c1sc(NC(C2CC2)C2CC2)c(SC)c1N. The molecule has 2 fully saturated rings. The summed E-state index contributed by atoms with van der Waals surface area (Å²) in [5.74, 6) is 1.59. The van der Waals surface area contributed by atoms with Gasteiger partial charge in [-0.25, -0.2) is 0 Å². The summed E-state index contributed by atoms with van der Waals surface area (Å²) in [4.78, 5) is 13.8. The van der Waals surface area contributed by atoms with E-state index in [1.165, 1.54) is 37.0 Å². The standard InChI is InChI=1S/C15H23N3OS2/c1-3-17-14(19)12-10(16)13(20-2)15(21-12)18-11(8-4-5-8)9-6-7-9/h8-9,11,18H,3-7,16H2,1-2H3,(H,17,19). The minimum absolute atomic E-state index is 0.0576. The van der Waals surface area contributed by atoms with Crippen LogP contribution in [0, 0.1) is 11.8 Å². The molecule has 2 saturated carbocycles. The van der Waals surface area contributed by atoms with Crippen molar-refractivity contribution in [2.24, 2.45) is 11.8 Å². The van der Waals surface area contributed by atoms with Crippen molar-refractivity contribution >= 4 is 39.7 Å². The van der Waals surface area contributed by atoms with Gasteiger partial charge in [0, 0.05) is 12.6 Å². The molecular weight excluding hydrogens is 302 g/mol. The number of carbonyl (C=O) groups excluding carboxylic acids is 1. The molecule has 2 aliphatic rings. The Morgan fingerprint density at radius 1 is 1.38 bits per heavy atom. The highest BCUT2D eigenvalue weighted by Gasteiger charge is 2.42. The predicted molar refractivity (Wildman–Crippen MR) is 91.4 cm³/mol. The molecule has 4 nitrogen and oxygen atoms in total. The molecule has 1 aromatic rings. The lowest BCUT2D eigenvalue weighted by Gasteiger charge is -2.18. The summed E-state index contributed by atoms with van der Waals surface area (Å²) in [6.45, 7) is 2.55. The average molecular weight is 326 g/mol. The summed E-state index contributed by atoms with van der Waals surface area (Å²) in [6, 6.07) is 0.580. The van der Waals surface area contributed by atoms with Crippen molar-refractivity contribution in [1.29, 1.82) is 0 Å². The summed E-state index contributed by atoms with van der Waals surface area (Å²) < 4.78 is 0. The van der Waals surface area contributed by atoms with E-state index in [-0.39, 0.29) is 5.91 Å². The summed E-state index contributed by atoms with van der Waals surface area (Å²) in [5, 5.41) is 7.65. The number of nitrogens with two attached hydrogens (primary N) is 1. The molecule has 0 atom stereocenters. The molecule has 0 bridgehead atoms. The molecular formula is C15H23N3OS2. The minimum atomic E-state index is -0.0576. The quantitative estimate of drug-likeness (QED) is 0.672. The van der Waals surface area contributed by atoms with Gasteiger partial charge in [-0.3, -0.25) is 4.79 Å². The molecule has 6 heteroatoms. The Morgan fingerprint density at radius 3 is 2.48 bits per heavy atom. The zero-order chi connectivity index (χ0) is 15.0. The van der Waals surface area contributed by atoms with Crippen LogP contribution in [0.25, 0.3) is 0 Å². The van der Waals surface area contributed by atoms with Gasteiger partial charge in [0.15, 0.2) is 0 Å². The van der Waals surface area contributed by atoms with Gasteiger partial charge in [-0.15, -0.1) is 23.1 Å². The summed E-state index contributed by atoms with van der Waals surface area (Å²) in [5.41, 5.74) is 6.82. The van der Waals surface area contributed by atoms with Crippen LogP contribution in [-0.4, -0.2) is 24.7 Å². The monoisotopic (exact) mass is 325 g/mol. The third kappa shape index (κ3) is 3.16.